The molecule has 0 bridgehead atoms. The molecule has 7 heteroatoms. The summed E-state index contributed by atoms with van der Waals surface area (Å²) >= 11 is 6.38. The monoisotopic (exact) mass is 489 g/mol. The molecular weight excluding hydrogens is 462 g/mol. The summed E-state index contributed by atoms with van der Waals surface area (Å²) < 4.78 is 6.84. The molecule has 4 aromatic rings. The maximum Gasteiger partial charge on any atom is 0.266 e. The van der Waals surface area contributed by atoms with Gasteiger partial charge in [-0.05, 0) is 56.7 Å². The van der Waals surface area contributed by atoms with E-state index in [4.69, 9.17) is 21.3 Å². The first-order valence-corrected chi connectivity index (χ1v) is 11.9. The number of amides is 1. The number of carbonyl (C=O) groups excluding carboxylic acids is 1. The Morgan fingerprint density at radius 2 is 1.74 bits per heavy atom. The molecule has 0 aliphatic rings. The minimum atomic E-state index is -0.519. The topological polar surface area (TPSA) is 64.4 Å². The number of benzene rings is 3. The lowest BCUT2D eigenvalue weighted by Gasteiger charge is -2.31. The Morgan fingerprint density at radius 1 is 1.06 bits per heavy atom. The van der Waals surface area contributed by atoms with Crippen molar-refractivity contribution >= 4 is 28.4 Å². The normalized spacial score (nSPS) is 12.0. The summed E-state index contributed by atoms with van der Waals surface area (Å²) in [7, 11) is 1.63. The molecule has 1 atom stereocenters. The fourth-order valence-electron chi connectivity index (χ4n) is 4.15. The third-order valence-corrected chi connectivity index (χ3v) is 6.38. The van der Waals surface area contributed by atoms with E-state index in [2.05, 4.69) is 0 Å². The SMILES string of the molecule is COCCCN(C(=O)c1ccccc1Cl)C(C)c1nc2ccccc2c(=O)n1-c1ccc(C)cc1. The Morgan fingerprint density at radius 3 is 2.46 bits per heavy atom. The Balaban J connectivity index is 1.89. The molecule has 0 saturated carbocycles. The van der Waals surface area contributed by atoms with Crippen molar-refractivity contribution in [1.29, 1.82) is 0 Å². The summed E-state index contributed by atoms with van der Waals surface area (Å²) in [5, 5.41) is 0.899. The fraction of sp³-hybridized carbons (Fsp3) is 0.250. The van der Waals surface area contributed by atoms with Gasteiger partial charge in [-0.15, -0.1) is 0 Å². The van der Waals surface area contributed by atoms with Gasteiger partial charge in [0.15, 0.2) is 0 Å². The summed E-state index contributed by atoms with van der Waals surface area (Å²) in [6.45, 7) is 4.79. The van der Waals surface area contributed by atoms with Crippen molar-refractivity contribution in [2.45, 2.75) is 26.3 Å². The Hall–Kier alpha value is -3.48. The van der Waals surface area contributed by atoms with Crippen molar-refractivity contribution in [2.75, 3.05) is 20.3 Å². The number of aryl methyl sites for hydroxylation is 1. The number of methoxy groups -OCH3 is 1. The number of hydrogen-bond donors (Lipinski definition) is 0. The van der Waals surface area contributed by atoms with Crippen molar-refractivity contribution in [3.05, 3.63) is 105 Å². The highest BCUT2D eigenvalue weighted by Crippen LogP contribution is 2.27. The predicted octanol–water partition coefficient (Wildman–Crippen LogP) is 5.59. The van der Waals surface area contributed by atoms with E-state index < -0.39 is 6.04 Å². The molecule has 4 rings (SSSR count). The van der Waals surface area contributed by atoms with E-state index in [0.29, 0.717) is 52.6 Å². The smallest absolute Gasteiger partial charge is 0.266 e. The van der Waals surface area contributed by atoms with E-state index in [1.54, 1.807) is 46.9 Å². The summed E-state index contributed by atoms with van der Waals surface area (Å²) in [5.74, 6) is 0.257. The fourth-order valence-corrected chi connectivity index (χ4v) is 4.37. The van der Waals surface area contributed by atoms with Gasteiger partial charge in [-0.1, -0.05) is 53.6 Å². The average molecular weight is 490 g/mol. The quantitative estimate of drug-likeness (QED) is 0.303. The maximum absolute atomic E-state index is 13.7. The lowest BCUT2D eigenvalue weighted by Crippen LogP contribution is -2.38. The number of para-hydroxylation sites is 1. The number of carbonyl (C=O) groups is 1. The number of nitrogens with zero attached hydrogens (tertiary/aromatic N) is 3. The molecule has 0 fully saturated rings. The molecule has 3 aromatic carbocycles. The molecule has 1 heterocycles. The van der Waals surface area contributed by atoms with Crippen LogP contribution in [0, 0.1) is 6.92 Å². The van der Waals surface area contributed by atoms with Crippen LogP contribution < -0.4 is 5.56 Å². The van der Waals surface area contributed by atoms with E-state index in [0.717, 1.165) is 5.56 Å². The van der Waals surface area contributed by atoms with Gasteiger partial charge in [0, 0.05) is 20.3 Å². The van der Waals surface area contributed by atoms with Crippen LogP contribution in [0.15, 0.2) is 77.6 Å². The molecule has 0 saturated heterocycles. The van der Waals surface area contributed by atoms with Crippen molar-refractivity contribution in [3.63, 3.8) is 0 Å². The highest BCUT2D eigenvalue weighted by atomic mass is 35.5. The summed E-state index contributed by atoms with van der Waals surface area (Å²) in [4.78, 5) is 34.0. The highest BCUT2D eigenvalue weighted by Gasteiger charge is 2.28. The van der Waals surface area contributed by atoms with Crippen LogP contribution in [0.4, 0.5) is 0 Å². The summed E-state index contributed by atoms with van der Waals surface area (Å²) in [5.41, 5.74) is 2.60. The first kappa shape index (κ1) is 24.6. The van der Waals surface area contributed by atoms with Crippen LogP contribution in [0.2, 0.25) is 5.02 Å². The van der Waals surface area contributed by atoms with Crippen LogP contribution in [0.1, 0.15) is 41.1 Å². The standard InChI is InChI=1S/C28H28ClN3O3/c1-19-13-15-21(16-14-19)32-26(30-25-12-7-5-10-23(25)28(32)34)20(2)31(17-8-18-35-3)27(33)22-9-4-6-11-24(22)29/h4-7,9-16,20H,8,17-18H2,1-3H3. The molecule has 6 nitrogen and oxygen atoms in total. The van der Waals surface area contributed by atoms with Gasteiger partial charge in [0.05, 0.1) is 33.2 Å². The van der Waals surface area contributed by atoms with Gasteiger partial charge in [0.1, 0.15) is 5.82 Å². The largest absolute Gasteiger partial charge is 0.385 e. The van der Waals surface area contributed by atoms with Crippen LogP contribution in [0.25, 0.3) is 16.6 Å². The molecule has 0 aliphatic carbocycles. The van der Waals surface area contributed by atoms with Crippen LogP contribution >= 0.6 is 11.6 Å². The first-order valence-electron chi connectivity index (χ1n) is 11.6. The van der Waals surface area contributed by atoms with Crippen molar-refractivity contribution in [3.8, 4) is 5.69 Å². The van der Waals surface area contributed by atoms with Gasteiger partial charge in [0.25, 0.3) is 11.5 Å². The molecule has 0 spiro atoms. The molecule has 1 amide bonds. The zero-order chi connectivity index (χ0) is 24.9. The molecule has 180 valence electrons. The average Bonchev–Trinajstić information content (AvgIpc) is 2.87. The lowest BCUT2D eigenvalue weighted by atomic mass is 10.1. The zero-order valence-electron chi connectivity index (χ0n) is 20.1. The Bertz CT molecular complexity index is 1400. The number of rotatable bonds is 8. The second-order valence-corrected chi connectivity index (χ2v) is 8.87. The van der Waals surface area contributed by atoms with Crippen LogP contribution in [-0.4, -0.2) is 40.6 Å². The molecule has 0 radical (unpaired) electrons. The van der Waals surface area contributed by atoms with E-state index >= 15 is 0 Å². The molecular formula is C28H28ClN3O3. The lowest BCUT2D eigenvalue weighted by molar-refractivity contribution is 0.0657. The van der Waals surface area contributed by atoms with Gasteiger partial charge in [0.2, 0.25) is 0 Å². The molecule has 0 N–H and O–H groups in total. The summed E-state index contributed by atoms with van der Waals surface area (Å²) in [6, 6.07) is 21.4. The van der Waals surface area contributed by atoms with Gasteiger partial charge in [-0.2, -0.15) is 0 Å². The Labute approximate surface area is 209 Å². The van der Waals surface area contributed by atoms with Gasteiger partial charge in [-0.3, -0.25) is 14.2 Å². The highest BCUT2D eigenvalue weighted by molar-refractivity contribution is 6.33. The van der Waals surface area contributed by atoms with Gasteiger partial charge in [-0.25, -0.2) is 4.98 Å². The van der Waals surface area contributed by atoms with E-state index in [1.165, 1.54) is 0 Å². The second-order valence-electron chi connectivity index (χ2n) is 8.46. The minimum absolute atomic E-state index is 0.177. The van der Waals surface area contributed by atoms with E-state index in [1.807, 2.05) is 56.3 Å². The van der Waals surface area contributed by atoms with E-state index in [-0.39, 0.29) is 11.5 Å². The molecule has 1 unspecified atom stereocenters. The van der Waals surface area contributed by atoms with Gasteiger partial charge < -0.3 is 9.64 Å². The Kier molecular flexibility index (Phi) is 7.63. The molecule has 1 aromatic heterocycles. The van der Waals surface area contributed by atoms with Crippen molar-refractivity contribution in [1.82, 2.24) is 14.5 Å². The van der Waals surface area contributed by atoms with Crippen LogP contribution in [0.3, 0.4) is 0 Å². The third kappa shape index (κ3) is 5.14. The number of halogens is 1. The molecule has 0 aliphatic heterocycles. The second kappa shape index (κ2) is 10.8. The zero-order valence-corrected chi connectivity index (χ0v) is 20.8. The maximum atomic E-state index is 13.7. The third-order valence-electron chi connectivity index (χ3n) is 6.05. The van der Waals surface area contributed by atoms with Crippen LogP contribution in [0.5, 0.6) is 0 Å². The van der Waals surface area contributed by atoms with Gasteiger partial charge >= 0.3 is 0 Å². The van der Waals surface area contributed by atoms with E-state index in [9.17, 15) is 9.59 Å². The van der Waals surface area contributed by atoms with Crippen molar-refractivity contribution in [2.24, 2.45) is 0 Å². The predicted molar refractivity (Wildman–Crippen MR) is 139 cm³/mol. The summed E-state index contributed by atoms with van der Waals surface area (Å²) in [6.07, 6.45) is 0.624. The number of fused-ring (bicyclic) bond motifs is 1. The number of hydrogen-bond acceptors (Lipinski definition) is 4. The molecule has 35 heavy (non-hydrogen) atoms. The minimum Gasteiger partial charge on any atom is -0.385 e. The first-order chi connectivity index (χ1) is 16.9. The number of ether oxygens (including phenoxy) is 1. The van der Waals surface area contributed by atoms with Crippen LogP contribution in [-0.2, 0) is 4.74 Å². The van der Waals surface area contributed by atoms with Crippen molar-refractivity contribution < 1.29 is 9.53 Å². The number of aromatic nitrogens is 2.